The molecule has 0 heterocycles. The van der Waals surface area contributed by atoms with Crippen LogP contribution in [0.15, 0.2) is 18.2 Å². The van der Waals surface area contributed by atoms with Crippen molar-refractivity contribution < 1.29 is 19.2 Å². The number of ether oxygens (including phenoxy) is 1. The summed E-state index contributed by atoms with van der Waals surface area (Å²) in [5.74, 6) is -1.05. The highest BCUT2D eigenvalue weighted by Gasteiger charge is 2.14. The number of benzene rings is 1. The predicted molar refractivity (Wildman–Crippen MR) is 62.2 cm³/mol. The fourth-order valence-electron chi connectivity index (χ4n) is 1.34. The Morgan fingerprint density at radius 3 is 2.61 bits per heavy atom. The average Bonchev–Trinajstić information content (AvgIpc) is 2.35. The molecular weight excluding hydrogens is 240 g/mol. The maximum atomic E-state index is 11.7. The molecule has 1 aromatic rings. The molecule has 0 radical (unpaired) electrons. The van der Waals surface area contributed by atoms with E-state index in [0.29, 0.717) is 5.56 Å². The smallest absolute Gasteiger partial charge is 0.325 e. The Bertz CT molecular complexity index is 498. The summed E-state index contributed by atoms with van der Waals surface area (Å²) in [6.45, 7) is 1.34. The van der Waals surface area contributed by atoms with E-state index in [2.05, 4.69) is 10.1 Å². The highest BCUT2D eigenvalue weighted by atomic mass is 16.6. The third-order valence-corrected chi connectivity index (χ3v) is 2.29. The Morgan fingerprint density at radius 2 is 2.11 bits per heavy atom. The number of nitro groups is 1. The summed E-state index contributed by atoms with van der Waals surface area (Å²) in [5, 5.41) is 12.9. The molecule has 7 heteroatoms. The molecule has 0 aliphatic heterocycles. The first-order valence-corrected chi connectivity index (χ1v) is 5.05. The Morgan fingerprint density at radius 1 is 1.44 bits per heavy atom. The van der Waals surface area contributed by atoms with Gasteiger partial charge in [-0.05, 0) is 18.6 Å². The Hall–Kier alpha value is -2.44. The summed E-state index contributed by atoms with van der Waals surface area (Å²) in [4.78, 5) is 32.5. The average molecular weight is 252 g/mol. The van der Waals surface area contributed by atoms with Gasteiger partial charge in [0.15, 0.2) is 0 Å². The first-order chi connectivity index (χ1) is 8.45. The number of aryl methyl sites for hydroxylation is 1. The van der Waals surface area contributed by atoms with Crippen molar-refractivity contribution in [3.05, 3.63) is 39.4 Å². The number of nitro benzene ring substituents is 1. The van der Waals surface area contributed by atoms with E-state index < -0.39 is 16.8 Å². The minimum atomic E-state index is -0.567. The number of nitrogens with one attached hydrogen (secondary N) is 1. The van der Waals surface area contributed by atoms with Crippen molar-refractivity contribution >= 4 is 17.6 Å². The van der Waals surface area contributed by atoms with E-state index in [0.717, 1.165) is 0 Å². The van der Waals surface area contributed by atoms with Gasteiger partial charge in [-0.1, -0.05) is 0 Å². The molecule has 1 aromatic carbocycles. The second-order valence-corrected chi connectivity index (χ2v) is 3.52. The SMILES string of the molecule is COC(=O)CNC(=O)c1ccc([N+](=O)[O-])cc1C. The molecule has 0 aliphatic carbocycles. The number of esters is 1. The van der Waals surface area contributed by atoms with Crippen LogP contribution in [-0.4, -0.2) is 30.5 Å². The van der Waals surface area contributed by atoms with Gasteiger partial charge >= 0.3 is 5.97 Å². The summed E-state index contributed by atoms with van der Waals surface area (Å²) in [7, 11) is 1.21. The zero-order valence-electron chi connectivity index (χ0n) is 9.93. The zero-order valence-corrected chi connectivity index (χ0v) is 9.93. The number of amides is 1. The summed E-state index contributed by atoms with van der Waals surface area (Å²) in [6, 6.07) is 3.88. The molecule has 0 aromatic heterocycles. The van der Waals surface area contributed by atoms with Crippen LogP contribution in [0.5, 0.6) is 0 Å². The maximum Gasteiger partial charge on any atom is 0.325 e. The van der Waals surface area contributed by atoms with Gasteiger partial charge in [-0.2, -0.15) is 0 Å². The number of non-ortho nitro benzene ring substituents is 1. The first-order valence-electron chi connectivity index (χ1n) is 5.05. The number of hydrogen-bond donors (Lipinski definition) is 1. The summed E-state index contributed by atoms with van der Waals surface area (Å²) in [6.07, 6.45) is 0. The molecule has 1 N–H and O–H groups in total. The molecule has 18 heavy (non-hydrogen) atoms. The van der Waals surface area contributed by atoms with Crippen LogP contribution < -0.4 is 5.32 Å². The molecule has 0 spiro atoms. The zero-order chi connectivity index (χ0) is 13.7. The van der Waals surface area contributed by atoms with Crippen molar-refractivity contribution in [3.8, 4) is 0 Å². The van der Waals surface area contributed by atoms with Gasteiger partial charge in [-0.25, -0.2) is 0 Å². The fraction of sp³-hybridized carbons (Fsp3) is 0.273. The lowest BCUT2D eigenvalue weighted by Crippen LogP contribution is -2.30. The predicted octanol–water partition coefficient (Wildman–Crippen LogP) is 0.806. The van der Waals surface area contributed by atoms with Crippen LogP contribution in [-0.2, 0) is 9.53 Å². The van der Waals surface area contributed by atoms with Gasteiger partial charge in [0.05, 0.1) is 12.0 Å². The second kappa shape index (κ2) is 5.76. The number of hydrogen-bond acceptors (Lipinski definition) is 5. The largest absolute Gasteiger partial charge is 0.468 e. The van der Waals surface area contributed by atoms with E-state index in [-0.39, 0.29) is 17.8 Å². The van der Waals surface area contributed by atoms with E-state index in [9.17, 15) is 19.7 Å². The third-order valence-electron chi connectivity index (χ3n) is 2.29. The Kier molecular flexibility index (Phi) is 4.36. The van der Waals surface area contributed by atoms with Crippen LogP contribution in [0.3, 0.4) is 0 Å². The van der Waals surface area contributed by atoms with Crippen LogP contribution in [0.1, 0.15) is 15.9 Å². The molecule has 0 fully saturated rings. The van der Waals surface area contributed by atoms with E-state index in [1.807, 2.05) is 0 Å². The maximum absolute atomic E-state index is 11.7. The van der Waals surface area contributed by atoms with Gasteiger partial charge in [0, 0.05) is 17.7 Å². The van der Waals surface area contributed by atoms with Crippen molar-refractivity contribution in [2.45, 2.75) is 6.92 Å². The van der Waals surface area contributed by atoms with E-state index in [1.54, 1.807) is 6.92 Å². The standard InChI is InChI=1S/C11H12N2O5/c1-7-5-8(13(16)17)3-4-9(7)11(15)12-6-10(14)18-2/h3-5H,6H2,1-2H3,(H,12,15). The van der Waals surface area contributed by atoms with Crippen molar-refractivity contribution in [1.29, 1.82) is 0 Å². The molecule has 0 unspecified atom stereocenters. The van der Waals surface area contributed by atoms with Crippen molar-refractivity contribution in [2.24, 2.45) is 0 Å². The molecule has 1 amide bonds. The monoisotopic (exact) mass is 252 g/mol. The lowest BCUT2D eigenvalue weighted by atomic mass is 10.1. The fourth-order valence-corrected chi connectivity index (χ4v) is 1.34. The summed E-state index contributed by atoms with van der Waals surface area (Å²) >= 11 is 0. The van der Waals surface area contributed by atoms with E-state index in [4.69, 9.17) is 0 Å². The van der Waals surface area contributed by atoms with Crippen molar-refractivity contribution in [2.75, 3.05) is 13.7 Å². The number of methoxy groups -OCH3 is 1. The van der Waals surface area contributed by atoms with Crippen LogP contribution in [0.4, 0.5) is 5.69 Å². The van der Waals surface area contributed by atoms with Crippen LogP contribution in [0.25, 0.3) is 0 Å². The normalized spacial score (nSPS) is 9.67. The minimum Gasteiger partial charge on any atom is -0.468 e. The van der Waals surface area contributed by atoms with Gasteiger partial charge in [-0.3, -0.25) is 19.7 Å². The molecule has 7 nitrogen and oxygen atoms in total. The van der Waals surface area contributed by atoms with Crippen molar-refractivity contribution in [1.82, 2.24) is 5.32 Å². The molecule has 0 aliphatic rings. The van der Waals surface area contributed by atoms with Crippen LogP contribution >= 0.6 is 0 Å². The summed E-state index contributed by atoms with van der Waals surface area (Å²) < 4.78 is 4.37. The van der Waals surface area contributed by atoms with Gasteiger partial charge in [0.1, 0.15) is 6.54 Å². The topological polar surface area (TPSA) is 98.5 Å². The second-order valence-electron chi connectivity index (χ2n) is 3.52. The van der Waals surface area contributed by atoms with Crippen LogP contribution in [0, 0.1) is 17.0 Å². The molecular formula is C11H12N2O5. The lowest BCUT2D eigenvalue weighted by Gasteiger charge is -2.06. The van der Waals surface area contributed by atoms with E-state index >= 15 is 0 Å². The van der Waals surface area contributed by atoms with Crippen molar-refractivity contribution in [3.63, 3.8) is 0 Å². The summed E-state index contributed by atoms with van der Waals surface area (Å²) in [5.41, 5.74) is 0.660. The quantitative estimate of drug-likeness (QED) is 0.485. The Balaban J connectivity index is 2.81. The third kappa shape index (κ3) is 3.27. The molecule has 0 saturated heterocycles. The molecule has 0 bridgehead atoms. The first kappa shape index (κ1) is 13.6. The highest BCUT2D eigenvalue weighted by Crippen LogP contribution is 2.16. The minimum absolute atomic E-state index is 0.0861. The van der Waals surface area contributed by atoms with Gasteiger partial charge in [0.25, 0.3) is 11.6 Å². The number of carbonyl (C=O) groups excluding carboxylic acids is 2. The molecule has 0 atom stereocenters. The Labute approximate surface area is 103 Å². The lowest BCUT2D eigenvalue weighted by molar-refractivity contribution is -0.384. The number of nitrogens with zero attached hydrogens (tertiary/aromatic N) is 1. The highest BCUT2D eigenvalue weighted by molar-refractivity contribution is 5.97. The molecule has 1 rings (SSSR count). The van der Waals surface area contributed by atoms with Gasteiger partial charge in [0.2, 0.25) is 0 Å². The van der Waals surface area contributed by atoms with Gasteiger partial charge in [-0.15, -0.1) is 0 Å². The van der Waals surface area contributed by atoms with Crippen LogP contribution in [0.2, 0.25) is 0 Å². The van der Waals surface area contributed by atoms with E-state index in [1.165, 1.54) is 25.3 Å². The number of carbonyl (C=O) groups is 2. The van der Waals surface area contributed by atoms with Gasteiger partial charge < -0.3 is 10.1 Å². The molecule has 96 valence electrons. The molecule has 0 saturated carbocycles. The number of rotatable bonds is 4.